The molecule has 1 fully saturated rings. The van der Waals surface area contributed by atoms with Gasteiger partial charge >= 0.3 is 0 Å². The second-order valence-electron chi connectivity index (χ2n) is 8.61. The molecular weight excluding hydrogens is 460 g/mol. The van der Waals surface area contributed by atoms with Gasteiger partial charge < -0.3 is 14.6 Å². The number of halogens is 3. The smallest absolute Gasteiger partial charge is 0.151 e. The molecule has 34 heavy (non-hydrogen) atoms. The summed E-state index contributed by atoms with van der Waals surface area (Å²) in [7, 11) is 0. The van der Waals surface area contributed by atoms with Crippen LogP contribution < -0.4 is 9.47 Å². The molecule has 0 aromatic heterocycles. The predicted molar refractivity (Wildman–Crippen MR) is 128 cm³/mol. The molecule has 2 aliphatic rings. The fraction of sp³-hybridized carbons (Fsp3) is 0.259. The maximum atomic E-state index is 13.6. The van der Waals surface area contributed by atoms with Gasteiger partial charge in [-0.3, -0.25) is 9.29 Å². The van der Waals surface area contributed by atoms with E-state index in [4.69, 9.17) is 21.1 Å². The van der Waals surface area contributed by atoms with Crippen molar-refractivity contribution in [3.8, 4) is 17.2 Å². The average molecular weight is 484 g/mol. The number of nitrogens with zero attached hydrogens (tertiary/aromatic N) is 1. The molecule has 0 aliphatic carbocycles. The Balaban J connectivity index is 1.37. The fourth-order valence-corrected chi connectivity index (χ4v) is 4.72. The number of hydrogen-bond donors (Lipinski definition) is 1. The summed E-state index contributed by atoms with van der Waals surface area (Å²) in [6.45, 7) is 2.61. The number of alkyl halides is 1. The van der Waals surface area contributed by atoms with Crippen molar-refractivity contribution in [3.05, 3.63) is 89.2 Å². The highest BCUT2D eigenvalue weighted by Crippen LogP contribution is 2.49. The zero-order valence-corrected chi connectivity index (χ0v) is 19.1. The minimum absolute atomic E-state index is 0.0809. The van der Waals surface area contributed by atoms with Crippen LogP contribution in [0.3, 0.4) is 0 Å². The van der Waals surface area contributed by atoms with Gasteiger partial charge in [0.2, 0.25) is 0 Å². The number of hydrogen-bond acceptors (Lipinski definition) is 4. The van der Waals surface area contributed by atoms with Gasteiger partial charge in [-0.2, -0.15) is 0 Å². The lowest BCUT2D eigenvalue weighted by Crippen LogP contribution is -2.49. The van der Waals surface area contributed by atoms with Gasteiger partial charge in [0.05, 0.1) is 11.7 Å². The molecular formula is C27H24ClF2NO3. The lowest BCUT2D eigenvalue weighted by molar-refractivity contribution is 0.0668. The summed E-state index contributed by atoms with van der Waals surface area (Å²) in [5.41, 5.74) is 2.86. The van der Waals surface area contributed by atoms with Gasteiger partial charge in [-0.15, -0.1) is 0 Å². The number of phenols is 1. The van der Waals surface area contributed by atoms with Crippen LogP contribution in [0.4, 0.5) is 8.78 Å². The van der Waals surface area contributed by atoms with E-state index in [0.717, 1.165) is 36.5 Å². The van der Waals surface area contributed by atoms with E-state index >= 15 is 0 Å². The van der Waals surface area contributed by atoms with Crippen molar-refractivity contribution in [1.29, 1.82) is 0 Å². The summed E-state index contributed by atoms with van der Waals surface area (Å²) in [6.07, 6.45) is -0.525. The van der Waals surface area contributed by atoms with Crippen LogP contribution in [0.15, 0.2) is 66.7 Å². The molecule has 1 saturated heterocycles. The summed E-state index contributed by atoms with van der Waals surface area (Å²) in [5.74, 6) is 1.19. The van der Waals surface area contributed by atoms with Crippen LogP contribution in [0.2, 0.25) is 0 Å². The van der Waals surface area contributed by atoms with E-state index in [1.807, 2.05) is 24.3 Å². The molecule has 1 atom stereocenters. The summed E-state index contributed by atoms with van der Waals surface area (Å²) in [4.78, 5) is 2.17. The van der Waals surface area contributed by atoms with Gasteiger partial charge in [-0.25, -0.2) is 4.39 Å². The van der Waals surface area contributed by atoms with Gasteiger partial charge in [0, 0.05) is 36.7 Å². The molecule has 3 aromatic carbocycles. The average Bonchev–Trinajstić information content (AvgIpc) is 2.82. The maximum Gasteiger partial charge on any atom is 0.151 e. The van der Waals surface area contributed by atoms with E-state index in [-0.39, 0.29) is 24.2 Å². The summed E-state index contributed by atoms with van der Waals surface area (Å²) < 4.78 is 38.3. The number of benzene rings is 3. The molecule has 2 heterocycles. The van der Waals surface area contributed by atoms with E-state index in [1.54, 1.807) is 30.3 Å². The third kappa shape index (κ3) is 4.61. The zero-order valence-electron chi connectivity index (χ0n) is 18.4. The van der Waals surface area contributed by atoms with Crippen LogP contribution in [-0.4, -0.2) is 42.9 Å². The monoisotopic (exact) mass is 483 g/mol. The minimum Gasteiger partial charge on any atom is -0.508 e. The fourth-order valence-electron chi connectivity index (χ4n) is 4.37. The zero-order chi connectivity index (χ0) is 23.7. The Labute approximate surface area is 202 Å². The second kappa shape index (κ2) is 9.65. The van der Waals surface area contributed by atoms with E-state index in [9.17, 15) is 13.9 Å². The highest BCUT2D eigenvalue weighted by atomic mass is 35.5. The molecule has 7 heteroatoms. The van der Waals surface area contributed by atoms with Crippen molar-refractivity contribution in [1.82, 2.24) is 4.90 Å². The molecule has 0 radical (unpaired) electrons. The van der Waals surface area contributed by atoms with Crippen LogP contribution >= 0.6 is 11.6 Å². The topological polar surface area (TPSA) is 41.9 Å². The highest BCUT2D eigenvalue weighted by molar-refractivity contribution is 6.53. The molecule has 0 amide bonds. The van der Waals surface area contributed by atoms with Crippen LogP contribution in [0.25, 0.3) is 10.6 Å². The molecule has 0 saturated carbocycles. The molecule has 1 unspecified atom stereocenters. The van der Waals surface area contributed by atoms with Crippen LogP contribution in [0.5, 0.6) is 17.2 Å². The Morgan fingerprint density at radius 1 is 1.03 bits per heavy atom. The van der Waals surface area contributed by atoms with E-state index < -0.39 is 6.10 Å². The quantitative estimate of drug-likeness (QED) is 0.444. The first-order chi connectivity index (χ1) is 16.5. The van der Waals surface area contributed by atoms with Crippen LogP contribution in [0, 0.1) is 11.7 Å². The van der Waals surface area contributed by atoms with Crippen molar-refractivity contribution in [2.45, 2.75) is 6.10 Å². The van der Waals surface area contributed by atoms with Gasteiger partial charge in [0.25, 0.3) is 0 Å². The first kappa shape index (κ1) is 22.7. The van der Waals surface area contributed by atoms with Crippen molar-refractivity contribution < 1.29 is 23.4 Å². The van der Waals surface area contributed by atoms with E-state index in [2.05, 4.69) is 4.90 Å². The highest BCUT2D eigenvalue weighted by Gasteiger charge is 2.31. The lowest BCUT2D eigenvalue weighted by atomic mass is 9.90. The van der Waals surface area contributed by atoms with Crippen molar-refractivity contribution in [2.24, 2.45) is 5.92 Å². The lowest BCUT2D eigenvalue weighted by Gasteiger charge is -2.37. The minimum atomic E-state index is -0.525. The summed E-state index contributed by atoms with van der Waals surface area (Å²) in [5, 5.41) is 10.4. The molecule has 2 aliphatic heterocycles. The van der Waals surface area contributed by atoms with Crippen molar-refractivity contribution >= 4 is 22.2 Å². The summed E-state index contributed by atoms with van der Waals surface area (Å²) >= 11 is 6.82. The Morgan fingerprint density at radius 3 is 2.47 bits per heavy atom. The molecule has 0 bridgehead atoms. The van der Waals surface area contributed by atoms with Gasteiger partial charge in [0.15, 0.2) is 6.10 Å². The van der Waals surface area contributed by atoms with E-state index in [0.29, 0.717) is 28.5 Å². The van der Waals surface area contributed by atoms with Crippen molar-refractivity contribution in [3.63, 3.8) is 0 Å². The second-order valence-corrected chi connectivity index (χ2v) is 8.99. The Hall–Kier alpha value is -3.09. The molecule has 1 N–H and O–H groups in total. The van der Waals surface area contributed by atoms with Crippen molar-refractivity contribution in [2.75, 3.05) is 32.9 Å². The number of ether oxygens (including phenoxy) is 2. The Kier molecular flexibility index (Phi) is 6.44. The van der Waals surface area contributed by atoms with Gasteiger partial charge in [0.1, 0.15) is 29.7 Å². The summed E-state index contributed by atoms with van der Waals surface area (Å²) in [6, 6.07) is 18.5. The predicted octanol–water partition coefficient (Wildman–Crippen LogP) is 6.05. The number of likely N-dealkylation sites (tertiary alicyclic amines) is 1. The first-order valence-corrected chi connectivity index (χ1v) is 11.6. The van der Waals surface area contributed by atoms with E-state index in [1.165, 1.54) is 12.1 Å². The third-order valence-electron chi connectivity index (χ3n) is 6.21. The van der Waals surface area contributed by atoms with Gasteiger partial charge in [-0.05, 0) is 53.6 Å². The maximum absolute atomic E-state index is 13.6. The number of phenolic OH excluding ortho intramolecular Hbond substituents is 1. The van der Waals surface area contributed by atoms with Gasteiger partial charge in [-0.1, -0.05) is 35.9 Å². The standard InChI is InChI=1S/C27H24ClF2NO3/c28-26-23-13-21(32)7-10-24(23)34-27(25(26)18-1-5-20(30)6-2-18)19-3-8-22(9-4-19)33-12-11-31-15-17(14-29)16-31/h1-10,13,17,27,32H,11-12,14-16H2. The number of rotatable bonds is 7. The third-order valence-corrected chi connectivity index (χ3v) is 6.62. The molecule has 5 rings (SSSR count). The molecule has 0 spiro atoms. The molecule has 176 valence electrons. The largest absolute Gasteiger partial charge is 0.508 e. The number of aromatic hydroxyl groups is 1. The van der Waals surface area contributed by atoms with Crippen LogP contribution in [-0.2, 0) is 0 Å². The molecule has 4 nitrogen and oxygen atoms in total. The first-order valence-electron chi connectivity index (χ1n) is 11.2. The Bertz CT molecular complexity index is 1190. The Morgan fingerprint density at radius 2 is 1.76 bits per heavy atom. The molecule has 3 aromatic rings. The SMILES string of the molecule is Oc1ccc2c(c1)C(Cl)=C(c1ccc(F)cc1)C(c1ccc(OCCN3CC(CF)C3)cc1)O2. The normalized spacial score (nSPS) is 18.3. The van der Waals surface area contributed by atoms with Crippen LogP contribution in [0.1, 0.15) is 22.8 Å². The number of fused-ring (bicyclic) bond motifs is 1.